The monoisotopic (exact) mass is 302 g/mol. The second-order valence-electron chi connectivity index (χ2n) is 6.28. The molecule has 1 saturated heterocycles. The molecule has 1 fully saturated rings. The molecule has 1 aromatic carbocycles. The van der Waals surface area contributed by atoms with Gasteiger partial charge >= 0.3 is 0 Å². The second-order valence-corrected chi connectivity index (χ2v) is 6.28. The Balaban J connectivity index is 1.67. The molecular formula is C17H22N2O3. The predicted octanol–water partition coefficient (Wildman–Crippen LogP) is 1.88. The summed E-state index contributed by atoms with van der Waals surface area (Å²) >= 11 is 0. The van der Waals surface area contributed by atoms with Crippen molar-refractivity contribution in [3.05, 3.63) is 29.8 Å². The maximum Gasteiger partial charge on any atom is 0.225 e. The van der Waals surface area contributed by atoms with Crippen LogP contribution in [-0.2, 0) is 9.59 Å². The van der Waals surface area contributed by atoms with Gasteiger partial charge in [-0.3, -0.25) is 9.59 Å². The maximum atomic E-state index is 12.5. The van der Waals surface area contributed by atoms with Gasteiger partial charge in [0.2, 0.25) is 11.8 Å². The Bertz CT molecular complexity index is 585. The number of hydrogen-bond acceptors (Lipinski definition) is 3. The van der Waals surface area contributed by atoms with E-state index in [-0.39, 0.29) is 29.8 Å². The Kier molecular flexibility index (Phi) is 4.05. The summed E-state index contributed by atoms with van der Waals surface area (Å²) in [6, 6.07) is 7.91. The van der Waals surface area contributed by atoms with Gasteiger partial charge in [0.05, 0.1) is 18.6 Å². The number of amides is 2. The Hall–Kier alpha value is -2.04. The summed E-state index contributed by atoms with van der Waals surface area (Å²) in [5.74, 6) is 0.635. The molecule has 5 nitrogen and oxygen atoms in total. The molecule has 5 heteroatoms. The van der Waals surface area contributed by atoms with Crippen molar-refractivity contribution in [2.24, 2.45) is 5.92 Å². The normalized spacial score (nSPS) is 24.1. The molecule has 2 amide bonds. The highest BCUT2D eigenvalue weighted by atomic mass is 16.5. The van der Waals surface area contributed by atoms with E-state index in [9.17, 15) is 9.59 Å². The van der Waals surface area contributed by atoms with Crippen molar-refractivity contribution in [3.63, 3.8) is 0 Å². The Morgan fingerprint density at radius 2 is 2.14 bits per heavy atom. The van der Waals surface area contributed by atoms with E-state index in [1.54, 1.807) is 4.90 Å². The molecule has 0 spiro atoms. The summed E-state index contributed by atoms with van der Waals surface area (Å²) in [7, 11) is 0. The van der Waals surface area contributed by atoms with Crippen LogP contribution in [0.15, 0.2) is 24.3 Å². The van der Waals surface area contributed by atoms with Crippen molar-refractivity contribution in [2.75, 3.05) is 13.2 Å². The van der Waals surface area contributed by atoms with Gasteiger partial charge in [-0.15, -0.1) is 0 Å². The number of para-hydroxylation sites is 1. The fourth-order valence-corrected chi connectivity index (χ4v) is 3.19. The molecule has 22 heavy (non-hydrogen) atoms. The molecular weight excluding hydrogens is 280 g/mol. The number of likely N-dealkylation sites (tertiary alicyclic amines) is 1. The summed E-state index contributed by atoms with van der Waals surface area (Å²) in [4.78, 5) is 26.2. The summed E-state index contributed by atoms with van der Waals surface area (Å²) in [6.07, 6.45) is 1.08. The van der Waals surface area contributed by atoms with E-state index < -0.39 is 0 Å². The number of rotatable bonds is 3. The third-order valence-electron chi connectivity index (χ3n) is 4.43. The second kappa shape index (κ2) is 5.99. The average Bonchev–Trinajstić information content (AvgIpc) is 2.90. The van der Waals surface area contributed by atoms with Crippen LogP contribution >= 0.6 is 0 Å². The predicted molar refractivity (Wildman–Crippen MR) is 82.4 cm³/mol. The zero-order valence-corrected chi connectivity index (χ0v) is 13.0. The first-order valence-corrected chi connectivity index (χ1v) is 7.88. The first-order valence-electron chi connectivity index (χ1n) is 7.88. The van der Waals surface area contributed by atoms with Gasteiger partial charge in [-0.25, -0.2) is 0 Å². The average molecular weight is 302 g/mol. The van der Waals surface area contributed by atoms with Crippen molar-refractivity contribution in [2.45, 2.75) is 38.8 Å². The lowest BCUT2D eigenvalue weighted by Crippen LogP contribution is -2.38. The Morgan fingerprint density at radius 1 is 1.36 bits per heavy atom. The molecule has 2 aliphatic heterocycles. The summed E-state index contributed by atoms with van der Waals surface area (Å²) in [6.45, 7) is 5.08. The number of carbonyl (C=O) groups is 2. The van der Waals surface area contributed by atoms with Crippen molar-refractivity contribution >= 4 is 11.8 Å². The minimum atomic E-state index is -0.245. The lowest BCUT2D eigenvalue weighted by atomic mass is 9.99. The van der Waals surface area contributed by atoms with E-state index in [0.29, 0.717) is 19.6 Å². The van der Waals surface area contributed by atoms with E-state index >= 15 is 0 Å². The highest BCUT2D eigenvalue weighted by Crippen LogP contribution is 2.32. The Morgan fingerprint density at radius 3 is 2.86 bits per heavy atom. The van der Waals surface area contributed by atoms with Crippen LogP contribution in [0.25, 0.3) is 0 Å². The van der Waals surface area contributed by atoms with Gasteiger partial charge in [0.1, 0.15) is 5.75 Å². The molecule has 2 atom stereocenters. The molecule has 0 bridgehead atoms. The molecule has 2 aliphatic rings. The van der Waals surface area contributed by atoms with Crippen LogP contribution in [0.1, 0.15) is 38.3 Å². The molecule has 0 radical (unpaired) electrons. The van der Waals surface area contributed by atoms with Crippen LogP contribution in [0.3, 0.4) is 0 Å². The van der Waals surface area contributed by atoms with E-state index in [1.165, 1.54) is 0 Å². The minimum absolute atomic E-state index is 0.0272. The number of nitrogens with one attached hydrogen (secondary N) is 1. The van der Waals surface area contributed by atoms with Gasteiger partial charge in [-0.2, -0.15) is 0 Å². The fourth-order valence-electron chi connectivity index (χ4n) is 3.19. The number of carbonyl (C=O) groups excluding carboxylic acids is 2. The topological polar surface area (TPSA) is 58.6 Å². The smallest absolute Gasteiger partial charge is 0.225 e. The van der Waals surface area contributed by atoms with E-state index in [2.05, 4.69) is 5.32 Å². The molecule has 1 aromatic rings. The number of fused-ring (bicyclic) bond motifs is 1. The molecule has 2 unspecified atom stereocenters. The molecule has 0 aromatic heterocycles. The van der Waals surface area contributed by atoms with E-state index in [1.807, 2.05) is 38.1 Å². The standard InChI is InChI=1S/C17H22N2O3/c1-11(2)19-10-12(9-16(19)20)17(21)18-14-7-8-22-15-6-4-3-5-13(14)15/h3-6,11-12,14H,7-10H2,1-2H3,(H,18,21). The molecule has 2 heterocycles. The molecule has 0 saturated carbocycles. The molecule has 1 N–H and O–H groups in total. The number of benzene rings is 1. The number of hydrogen-bond donors (Lipinski definition) is 1. The van der Waals surface area contributed by atoms with Crippen molar-refractivity contribution < 1.29 is 14.3 Å². The van der Waals surface area contributed by atoms with Crippen LogP contribution < -0.4 is 10.1 Å². The van der Waals surface area contributed by atoms with Crippen LogP contribution in [0.4, 0.5) is 0 Å². The zero-order chi connectivity index (χ0) is 15.7. The van der Waals surface area contributed by atoms with Crippen molar-refractivity contribution in [1.82, 2.24) is 10.2 Å². The largest absolute Gasteiger partial charge is 0.493 e. The number of ether oxygens (including phenoxy) is 1. The van der Waals surface area contributed by atoms with Crippen LogP contribution in [0.2, 0.25) is 0 Å². The van der Waals surface area contributed by atoms with E-state index in [4.69, 9.17) is 4.74 Å². The molecule has 118 valence electrons. The minimum Gasteiger partial charge on any atom is -0.493 e. The van der Waals surface area contributed by atoms with Gasteiger partial charge in [-0.05, 0) is 19.9 Å². The van der Waals surface area contributed by atoms with Gasteiger partial charge in [0.25, 0.3) is 0 Å². The first kappa shape index (κ1) is 14.9. The zero-order valence-electron chi connectivity index (χ0n) is 13.0. The van der Waals surface area contributed by atoms with Crippen molar-refractivity contribution in [1.29, 1.82) is 0 Å². The fraction of sp³-hybridized carbons (Fsp3) is 0.529. The van der Waals surface area contributed by atoms with Gasteiger partial charge in [0.15, 0.2) is 0 Å². The first-order chi connectivity index (χ1) is 10.6. The highest BCUT2D eigenvalue weighted by molar-refractivity contribution is 5.89. The maximum absolute atomic E-state index is 12.5. The van der Waals surface area contributed by atoms with Gasteiger partial charge < -0.3 is 15.0 Å². The van der Waals surface area contributed by atoms with Crippen LogP contribution in [0, 0.1) is 5.92 Å². The number of nitrogens with zero attached hydrogens (tertiary/aromatic N) is 1. The quantitative estimate of drug-likeness (QED) is 0.927. The Labute approximate surface area is 130 Å². The van der Waals surface area contributed by atoms with Gasteiger partial charge in [-0.1, -0.05) is 18.2 Å². The molecule has 0 aliphatic carbocycles. The van der Waals surface area contributed by atoms with Crippen LogP contribution in [0.5, 0.6) is 5.75 Å². The summed E-state index contributed by atoms with van der Waals surface area (Å²) in [5.41, 5.74) is 1.02. The van der Waals surface area contributed by atoms with E-state index in [0.717, 1.165) is 17.7 Å². The summed E-state index contributed by atoms with van der Waals surface area (Å²) < 4.78 is 5.61. The van der Waals surface area contributed by atoms with Crippen molar-refractivity contribution in [3.8, 4) is 5.75 Å². The SMILES string of the molecule is CC(C)N1CC(C(=O)NC2CCOc3ccccc32)CC1=O. The lowest BCUT2D eigenvalue weighted by Gasteiger charge is -2.27. The third kappa shape index (κ3) is 2.80. The summed E-state index contributed by atoms with van der Waals surface area (Å²) in [5, 5.41) is 3.10. The van der Waals surface area contributed by atoms with Gasteiger partial charge in [0, 0.05) is 31.0 Å². The third-order valence-corrected chi connectivity index (χ3v) is 4.43. The van der Waals surface area contributed by atoms with Crippen LogP contribution in [-0.4, -0.2) is 35.9 Å². The molecule has 3 rings (SSSR count). The highest BCUT2D eigenvalue weighted by Gasteiger charge is 2.36. The lowest BCUT2D eigenvalue weighted by molar-refractivity contribution is -0.130.